The van der Waals surface area contributed by atoms with Crippen LogP contribution in [0, 0.1) is 0 Å². The van der Waals surface area contributed by atoms with Gasteiger partial charge >= 0.3 is 84.3 Å². The molecular formula is H5AgKO4Ti. The van der Waals surface area contributed by atoms with E-state index < -0.39 is 18.1 Å². The van der Waals surface area contributed by atoms with Crippen molar-refractivity contribution in [2.45, 2.75) is 0 Å². The van der Waals surface area contributed by atoms with Crippen molar-refractivity contribution in [3.8, 4) is 0 Å². The standard InChI is InChI=1S/Ag.K.4H2O.Ti.H/h;;4*1H2;;/q;;;;;;+4;/p-4. The number of hydrogen-bond acceptors (Lipinski definition) is 4. The Kier molecular flexibility index (Phi) is 16.6. The molecule has 0 saturated carbocycles. The first-order valence-corrected chi connectivity index (χ1v) is 3.69. The van der Waals surface area contributed by atoms with E-state index >= 15 is 0 Å². The Labute approximate surface area is 104 Å². The summed E-state index contributed by atoms with van der Waals surface area (Å²) in [5.41, 5.74) is 0. The van der Waals surface area contributed by atoms with Crippen molar-refractivity contribution in [1.29, 1.82) is 0 Å². The summed E-state index contributed by atoms with van der Waals surface area (Å²) in [6.45, 7) is 0. The molecule has 0 aliphatic heterocycles. The van der Waals surface area contributed by atoms with Crippen LogP contribution in [-0.2, 0) is 40.5 Å². The maximum atomic E-state index is 7.38. The average Bonchev–Trinajstić information content (AvgIpc) is 0.722. The molecule has 0 fully saturated rings. The fourth-order valence-electron chi connectivity index (χ4n) is 0. The van der Waals surface area contributed by atoms with E-state index in [1.165, 1.54) is 0 Å². The molecule has 4 N–H and O–H groups in total. The topological polar surface area (TPSA) is 80.9 Å². The molecule has 0 bridgehead atoms. The maximum absolute atomic E-state index is 7.38. The Morgan fingerprint density at radius 1 is 0.857 bits per heavy atom. The third-order valence-electron chi connectivity index (χ3n) is 0. The van der Waals surface area contributed by atoms with E-state index in [1.807, 2.05) is 0 Å². The van der Waals surface area contributed by atoms with Gasteiger partial charge in [-0.3, -0.25) is 0 Å². The predicted octanol–water partition coefficient (Wildman–Crippen LogP) is -2.88. The Bertz CT molecular complexity index is 27.2. The van der Waals surface area contributed by atoms with Crippen LogP contribution in [0.15, 0.2) is 0 Å². The molecule has 0 atom stereocenters. The van der Waals surface area contributed by atoms with Crippen molar-refractivity contribution in [1.82, 2.24) is 0 Å². The van der Waals surface area contributed by atoms with Crippen molar-refractivity contribution in [2.24, 2.45) is 0 Å². The van der Waals surface area contributed by atoms with Crippen LogP contribution in [-0.4, -0.2) is 66.1 Å². The Balaban J connectivity index is -0.0000000800. The zero-order valence-electron chi connectivity index (χ0n) is 2.59. The molecule has 0 aliphatic rings. The molecular weight excluding hydrogens is 259 g/mol. The van der Waals surface area contributed by atoms with Gasteiger partial charge < -0.3 is 0 Å². The van der Waals surface area contributed by atoms with E-state index in [-0.39, 0.29) is 73.8 Å². The molecule has 0 aromatic rings. The van der Waals surface area contributed by atoms with Gasteiger partial charge in [0.05, 0.1) is 0 Å². The number of rotatable bonds is 0. The molecule has 0 heterocycles. The van der Waals surface area contributed by atoms with Crippen LogP contribution in [0.5, 0.6) is 0 Å². The summed E-state index contributed by atoms with van der Waals surface area (Å²) in [6, 6.07) is 0. The first kappa shape index (κ1) is 16.5. The normalized spacial score (nSPS) is 8.57. The fourth-order valence-corrected chi connectivity index (χ4v) is 0. The van der Waals surface area contributed by atoms with Crippen molar-refractivity contribution < 1.29 is 55.3 Å². The third-order valence-corrected chi connectivity index (χ3v) is 0. The second-order valence-electron chi connectivity index (χ2n) is 0.600. The second-order valence-corrected chi connectivity index (χ2v) is 2.47. The van der Waals surface area contributed by atoms with Crippen LogP contribution in [0.2, 0.25) is 0 Å². The summed E-state index contributed by atoms with van der Waals surface area (Å²) in [4.78, 5) is 0. The monoisotopic (exact) mass is 263 g/mol. The third kappa shape index (κ3) is 49.9. The first-order valence-electron chi connectivity index (χ1n) is 0.894. The van der Waals surface area contributed by atoms with E-state index in [0.29, 0.717) is 0 Å². The molecule has 45 valence electrons. The van der Waals surface area contributed by atoms with Crippen LogP contribution < -0.4 is 0 Å². The molecule has 7 heavy (non-hydrogen) atoms. The minimum atomic E-state index is -5.00. The van der Waals surface area contributed by atoms with Crippen LogP contribution in [0.3, 0.4) is 0 Å². The first-order chi connectivity index (χ1) is 2.00. The van der Waals surface area contributed by atoms with Crippen LogP contribution >= 0.6 is 0 Å². The van der Waals surface area contributed by atoms with E-state index in [2.05, 4.69) is 0 Å². The molecule has 7 heteroatoms. The van der Waals surface area contributed by atoms with Gasteiger partial charge in [-0.05, 0) is 0 Å². The zero-order chi connectivity index (χ0) is 4.50. The van der Waals surface area contributed by atoms with Gasteiger partial charge in [0.1, 0.15) is 0 Å². The van der Waals surface area contributed by atoms with Gasteiger partial charge in [-0.25, -0.2) is 0 Å². The van der Waals surface area contributed by atoms with Crippen molar-refractivity contribution in [2.75, 3.05) is 0 Å². The van der Waals surface area contributed by atoms with Gasteiger partial charge in [0.25, 0.3) is 0 Å². The van der Waals surface area contributed by atoms with E-state index in [1.54, 1.807) is 0 Å². The Hall–Kier alpha value is 2.93. The summed E-state index contributed by atoms with van der Waals surface area (Å²) in [5, 5.41) is 0. The van der Waals surface area contributed by atoms with Crippen LogP contribution in [0.1, 0.15) is 0 Å². The zero-order valence-corrected chi connectivity index (χ0v) is 5.63. The van der Waals surface area contributed by atoms with E-state index in [4.69, 9.17) is 14.8 Å². The quantitative estimate of drug-likeness (QED) is 0.354. The molecule has 0 aromatic heterocycles. The summed E-state index contributed by atoms with van der Waals surface area (Å²) >= 11 is -5.00. The van der Waals surface area contributed by atoms with Gasteiger partial charge in [-0.1, -0.05) is 0 Å². The molecule has 1 radical (unpaired) electrons. The predicted molar refractivity (Wildman–Crippen MR) is 16.0 cm³/mol. The number of hydrogen-bond donors (Lipinski definition) is 4. The molecule has 0 rings (SSSR count). The molecule has 0 spiro atoms. The summed E-state index contributed by atoms with van der Waals surface area (Å²) in [7, 11) is 0. The Morgan fingerprint density at radius 3 is 0.857 bits per heavy atom. The average molecular weight is 264 g/mol. The van der Waals surface area contributed by atoms with Gasteiger partial charge in [-0.15, -0.1) is 0 Å². The van der Waals surface area contributed by atoms with Gasteiger partial charge in [0.15, 0.2) is 0 Å². The SMILES string of the molecule is [Ag].[KH].[OH][Ti]([OH])([OH])[OH]. The summed E-state index contributed by atoms with van der Waals surface area (Å²) in [6.07, 6.45) is 0. The van der Waals surface area contributed by atoms with Gasteiger partial charge in [0, 0.05) is 22.4 Å². The summed E-state index contributed by atoms with van der Waals surface area (Å²) < 4.78 is 29.5. The van der Waals surface area contributed by atoms with Gasteiger partial charge in [-0.2, -0.15) is 0 Å². The summed E-state index contributed by atoms with van der Waals surface area (Å²) in [5.74, 6) is 0. The van der Waals surface area contributed by atoms with E-state index in [0.717, 1.165) is 0 Å². The van der Waals surface area contributed by atoms with E-state index in [9.17, 15) is 0 Å². The molecule has 0 aromatic carbocycles. The van der Waals surface area contributed by atoms with Gasteiger partial charge in [0.2, 0.25) is 0 Å². The molecule has 0 saturated heterocycles. The van der Waals surface area contributed by atoms with Crippen molar-refractivity contribution in [3.05, 3.63) is 0 Å². The second kappa shape index (κ2) is 7.04. The molecule has 0 amide bonds. The minimum absolute atomic E-state index is 0. The molecule has 4 nitrogen and oxygen atoms in total. The fraction of sp³-hybridized carbons (Fsp3) is 0. The van der Waals surface area contributed by atoms with Crippen molar-refractivity contribution in [3.63, 3.8) is 0 Å². The Morgan fingerprint density at radius 2 is 0.857 bits per heavy atom. The van der Waals surface area contributed by atoms with Crippen LogP contribution in [0.25, 0.3) is 0 Å². The van der Waals surface area contributed by atoms with Crippen molar-refractivity contribution >= 4 is 51.4 Å². The molecule has 0 unspecified atom stereocenters. The molecule has 0 aliphatic carbocycles. The van der Waals surface area contributed by atoms with Crippen LogP contribution in [0.4, 0.5) is 0 Å².